The Morgan fingerprint density at radius 2 is 1.61 bits per heavy atom. The second-order valence-corrected chi connectivity index (χ2v) is 12.3. The van der Waals surface area contributed by atoms with Crippen LogP contribution in [0.25, 0.3) is 11.1 Å². The van der Waals surface area contributed by atoms with Gasteiger partial charge in [0.2, 0.25) is 0 Å². The lowest BCUT2D eigenvalue weighted by atomic mass is 9.93. The van der Waals surface area contributed by atoms with Crippen molar-refractivity contribution in [3.8, 4) is 16.9 Å². The maximum Gasteiger partial charge on any atom is 0.490 e. The van der Waals surface area contributed by atoms with Crippen LogP contribution in [-0.2, 0) is 38.6 Å². The van der Waals surface area contributed by atoms with Crippen LogP contribution in [0.1, 0.15) is 42.9 Å². The third-order valence-corrected chi connectivity index (χ3v) is 7.90. The number of likely N-dealkylation sites (N-methyl/N-ethyl adjacent to an activating group) is 1. The summed E-state index contributed by atoms with van der Waals surface area (Å²) in [4.78, 5) is 33.9. The van der Waals surface area contributed by atoms with E-state index in [-0.39, 0.29) is 19.0 Å². The summed E-state index contributed by atoms with van der Waals surface area (Å²) < 4.78 is 57.1. The van der Waals surface area contributed by atoms with Crippen LogP contribution in [0.2, 0.25) is 0 Å². The van der Waals surface area contributed by atoms with Crippen LogP contribution in [0, 0.1) is 0 Å². The minimum absolute atomic E-state index is 0.277. The molecular formula is C38H50F3N5O5. The first-order valence-corrected chi connectivity index (χ1v) is 17.0. The SMILES string of the molecule is CCCCN=C(N)NC(=O)C(Cc1ccc(-c2ccccc2)c(OCCCOC)c1CN(CCN(C)C)Cc1ccccc1)OC(=O)C(F)(F)F. The standard InChI is InChI=1S/C38H50F3N5O5/c1-5-6-20-43-37(42)44-35(47)33(51-36(48)38(39,40)41)25-30-18-19-31(29-16-11-8-12-17-29)34(50-24-13-23-49-4)32(30)27-46(22-21-45(2)3)26-28-14-9-7-10-15-28/h7-12,14-19,33H,5-6,13,20-27H2,1-4H3,(H3,42,43,44,47). The number of nitrogens with two attached hydrogens (primary N) is 1. The molecule has 10 nitrogen and oxygen atoms in total. The molecule has 0 saturated heterocycles. The molecule has 3 rings (SSSR count). The lowest BCUT2D eigenvalue weighted by Crippen LogP contribution is -2.46. The molecule has 0 fully saturated rings. The highest BCUT2D eigenvalue weighted by atomic mass is 19.4. The number of halogens is 3. The number of carbonyl (C=O) groups is 2. The number of hydrogen-bond acceptors (Lipinski definition) is 8. The predicted octanol–water partition coefficient (Wildman–Crippen LogP) is 5.58. The monoisotopic (exact) mass is 713 g/mol. The summed E-state index contributed by atoms with van der Waals surface area (Å²) in [7, 11) is 5.55. The average molecular weight is 714 g/mol. The Balaban J connectivity index is 2.18. The van der Waals surface area contributed by atoms with Crippen molar-refractivity contribution in [2.75, 3.05) is 54.1 Å². The van der Waals surface area contributed by atoms with Gasteiger partial charge in [-0.2, -0.15) is 13.2 Å². The molecule has 0 bridgehead atoms. The topological polar surface area (TPSA) is 119 Å². The number of hydrogen-bond donors (Lipinski definition) is 2. The Hall–Kier alpha value is -4.46. The first-order chi connectivity index (χ1) is 24.4. The quantitative estimate of drug-likeness (QED) is 0.0675. The average Bonchev–Trinajstić information content (AvgIpc) is 3.10. The highest BCUT2D eigenvalue weighted by Crippen LogP contribution is 2.37. The summed E-state index contributed by atoms with van der Waals surface area (Å²) in [5, 5.41) is 2.32. The third kappa shape index (κ3) is 14.0. The molecule has 0 aliphatic heterocycles. The number of nitrogens with one attached hydrogen (secondary N) is 1. The van der Waals surface area contributed by atoms with Crippen molar-refractivity contribution < 1.29 is 37.0 Å². The van der Waals surface area contributed by atoms with Crippen molar-refractivity contribution >= 4 is 17.8 Å². The van der Waals surface area contributed by atoms with Crippen LogP contribution in [0.4, 0.5) is 13.2 Å². The molecule has 1 atom stereocenters. The minimum Gasteiger partial charge on any atom is -0.493 e. The van der Waals surface area contributed by atoms with Gasteiger partial charge in [-0.25, -0.2) is 4.79 Å². The van der Waals surface area contributed by atoms with Crippen LogP contribution in [0.3, 0.4) is 0 Å². The van der Waals surface area contributed by atoms with E-state index in [9.17, 15) is 22.8 Å². The fraction of sp³-hybridized carbons (Fsp3) is 0.447. The summed E-state index contributed by atoms with van der Waals surface area (Å²) in [6.07, 6.45) is -5.50. The van der Waals surface area contributed by atoms with Gasteiger partial charge in [-0.05, 0) is 37.2 Å². The van der Waals surface area contributed by atoms with Gasteiger partial charge < -0.3 is 24.8 Å². The van der Waals surface area contributed by atoms with Crippen LogP contribution >= 0.6 is 0 Å². The van der Waals surface area contributed by atoms with E-state index in [1.807, 2.05) is 87.7 Å². The molecule has 0 aliphatic carbocycles. The lowest BCUT2D eigenvalue weighted by Gasteiger charge is -2.28. The van der Waals surface area contributed by atoms with Crippen molar-refractivity contribution in [1.82, 2.24) is 15.1 Å². The van der Waals surface area contributed by atoms with Crippen molar-refractivity contribution in [3.05, 3.63) is 89.5 Å². The summed E-state index contributed by atoms with van der Waals surface area (Å²) in [6.45, 7) is 5.23. The maximum atomic E-state index is 13.5. The van der Waals surface area contributed by atoms with Gasteiger partial charge in [-0.1, -0.05) is 86.1 Å². The second-order valence-electron chi connectivity index (χ2n) is 12.3. The largest absolute Gasteiger partial charge is 0.493 e. The molecule has 13 heteroatoms. The van der Waals surface area contributed by atoms with Crippen LogP contribution in [0.5, 0.6) is 5.75 Å². The first kappa shape index (κ1) is 41.0. The fourth-order valence-corrected chi connectivity index (χ4v) is 5.23. The van der Waals surface area contributed by atoms with E-state index in [2.05, 4.69) is 20.1 Å². The van der Waals surface area contributed by atoms with Crippen molar-refractivity contribution in [3.63, 3.8) is 0 Å². The Kier molecular flexibility index (Phi) is 16.9. The van der Waals surface area contributed by atoms with Gasteiger partial charge in [-0.3, -0.25) is 20.0 Å². The number of alkyl halides is 3. The van der Waals surface area contributed by atoms with E-state index >= 15 is 0 Å². The van der Waals surface area contributed by atoms with Gasteiger partial charge in [-0.15, -0.1) is 0 Å². The molecule has 1 amide bonds. The lowest BCUT2D eigenvalue weighted by molar-refractivity contribution is -0.205. The Morgan fingerprint density at radius 1 is 0.922 bits per heavy atom. The molecule has 3 aromatic carbocycles. The smallest absolute Gasteiger partial charge is 0.490 e. The zero-order chi connectivity index (χ0) is 37.2. The molecule has 0 radical (unpaired) electrons. The van der Waals surface area contributed by atoms with E-state index in [1.54, 1.807) is 13.2 Å². The highest BCUT2D eigenvalue weighted by molar-refractivity contribution is 5.99. The summed E-state index contributed by atoms with van der Waals surface area (Å²) in [5.41, 5.74) is 9.70. The highest BCUT2D eigenvalue weighted by Gasteiger charge is 2.43. The molecule has 0 heterocycles. The number of rotatable bonds is 20. The van der Waals surface area contributed by atoms with E-state index in [1.165, 1.54) is 0 Å². The van der Waals surface area contributed by atoms with Crippen molar-refractivity contribution in [2.24, 2.45) is 10.7 Å². The van der Waals surface area contributed by atoms with Crippen LogP contribution < -0.4 is 15.8 Å². The van der Waals surface area contributed by atoms with Crippen LogP contribution in [-0.4, -0.2) is 94.0 Å². The second kappa shape index (κ2) is 21.0. The van der Waals surface area contributed by atoms with Crippen molar-refractivity contribution in [1.29, 1.82) is 0 Å². The summed E-state index contributed by atoms with van der Waals surface area (Å²) in [6, 6.07) is 23.0. The molecule has 0 saturated carbocycles. The van der Waals surface area contributed by atoms with E-state index in [0.29, 0.717) is 62.5 Å². The summed E-state index contributed by atoms with van der Waals surface area (Å²) in [5.74, 6) is -3.28. The number of carbonyl (C=O) groups excluding carboxylic acids is 2. The number of guanidine groups is 1. The van der Waals surface area contributed by atoms with Gasteiger partial charge >= 0.3 is 12.1 Å². The first-order valence-electron chi connectivity index (χ1n) is 17.0. The Labute approximate surface area is 298 Å². The zero-order valence-electron chi connectivity index (χ0n) is 29.9. The molecular weight excluding hydrogens is 663 g/mol. The maximum absolute atomic E-state index is 13.5. The molecule has 278 valence electrons. The Bertz CT molecular complexity index is 1540. The number of aliphatic imine (C=N–C) groups is 1. The number of amides is 1. The summed E-state index contributed by atoms with van der Waals surface area (Å²) >= 11 is 0. The Morgan fingerprint density at radius 3 is 2.24 bits per heavy atom. The molecule has 0 aliphatic rings. The molecule has 0 spiro atoms. The predicted molar refractivity (Wildman–Crippen MR) is 192 cm³/mol. The molecule has 51 heavy (non-hydrogen) atoms. The number of esters is 1. The molecule has 1 unspecified atom stereocenters. The number of benzene rings is 3. The number of unbranched alkanes of at least 4 members (excludes halogenated alkanes) is 1. The van der Waals surface area contributed by atoms with E-state index in [0.717, 1.165) is 29.7 Å². The van der Waals surface area contributed by atoms with Crippen LogP contribution in [0.15, 0.2) is 77.8 Å². The molecule has 3 N–H and O–H groups in total. The number of nitrogens with zero attached hydrogens (tertiary/aromatic N) is 3. The minimum atomic E-state index is -5.33. The zero-order valence-corrected chi connectivity index (χ0v) is 29.9. The van der Waals surface area contributed by atoms with Crippen molar-refractivity contribution in [2.45, 2.75) is 58.0 Å². The number of methoxy groups -OCH3 is 1. The van der Waals surface area contributed by atoms with Gasteiger partial charge in [0.25, 0.3) is 5.91 Å². The molecule has 3 aromatic rings. The van der Waals surface area contributed by atoms with Gasteiger partial charge in [0.1, 0.15) is 5.75 Å². The van der Waals surface area contributed by atoms with E-state index < -0.39 is 24.2 Å². The fourth-order valence-electron chi connectivity index (χ4n) is 5.23. The van der Waals surface area contributed by atoms with E-state index in [4.69, 9.17) is 19.9 Å². The normalized spacial score (nSPS) is 12.6. The molecule has 0 aromatic heterocycles. The third-order valence-electron chi connectivity index (χ3n) is 7.90. The van der Waals surface area contributed by atoms with Gasteiger partial charge in [0, 0.05) is 70.4 Å². The number of ether oxygens (including phenoxy) is 3. The van der Waals surface area contributed by atoms with Gasteiger partial charge in [0.15, 0.2) is 12.1 Å². The van der Waals surface area contributed by atoms with Gasteiger partial charge in [0.05, 0.1) is 6.61 Å².